The normalized spacial score (nSPS) is 16.8. The Hall–Kier alpha value is -1.21. The van der Waals surface area contributed by atoms with Gasteiger partial charge in [0.25, 0.3) is 0 Å². The topological polar surface area (TPSA) is 23.6 Å². The van der Waals surface area contributed by atoms with Gasteiger partial charge in [-0.15, -0.1) is 11.8 Å². The molecule has 0 bridgehead atoms. The Bertz CT molecular complexity index is 635. The monoisotopic (exact) mass is 402 g/mol. The maximum absolute atomic E-state index is 12.9. The van der Waals surface area contributed by atoms with Crippen LogP contribution in [-0.4, -0.2) is 52.4 Å². The molecule has 1 amide bonds. The first-order valence-electron chi connectivity index (χ1n) is 9.24. The number of thioether (sulfide) groups is 1. The van der Waals surface area contributed by atoms with Gasteiger partial charge in [0, 0.05) is 30.4 Å². The van der Waals surface area contributed by atoms with Gasteiger partial charge in [0.2, 0.25) is 5.91 Å². The highest BCUT2D eigenvalue weighted by atomic mass is 32.2. The van der Waals surface area contributed by atoms with Crippen LogP contribution < -0.4 is 0 Å². The van der Waals surface area contributed by atoms with Crippen molar-refractivity contribution in [2.45, 2.75) is 57.1 Å². The van der Waals surface area contributed by atoms with Crippen LogP contribution in [0.4, 0.5) is 13.2 Å². The average Bonchev–Trinajstić information content (AvgIpc) is 2.58. The number of hydrogen-bond donors (Lipinski definition) is 0. The number of alkyl halides is 3. The number of rotatable bonds is 5. The number of carbonyl (C=O) groups is 1. The van der Waals surface area contributed by atoms with E-state index in [4.69, 9.17) is 0 Å². The fraction of sp³-hybridized carbons (Fsp3) is 0.650. The number of benzene rings is 1. The number of nitrogens with zero attached hydrogens (tertiary/aromatic N) is 2. The van der Waals surface area contributed by atoms with E-state index in [2.05, 4.69) is 25.7 Å². The lowest BCUT2D eigenvalue weighted by Gasteiger charge is -2.37. The summed E-state index contributed by atoms with van der Waals surface area (Å²) < 4.78 is 38.7. The van der Waals surface area contributed by atoms with Gasteiger partial charge in [0.1, 0.15) is 0 Å². The Labute approximate surface area is 164 Å². The van der Waals surface area contributed by atoms with Crippen LogP contribution in [0.15, 0.2) is 24.3 Å². The van der Waals surface area contributed by atoms with Crippen LogP contribution in [0.1, 0.15) is 44.7 Å². The molecule has 1 fully saturated rings. The Kier molecular flexibility index (Phi) is 7.25. The van der Waals surface area contributed by atoms with E-state index in [0.717, 1.165) is 18.9 Å². The SMILES string of the molecule is CN(Cc1cccc(C(F)(F)F)c1)C1CCN(C(=O)CSC(C)(C)C)CC1. The lowest BCUT2D eigenvalue weighted by atomic mass is 10.0. The van der Waals surface area contributed by atoms with Crippen LogP contribution in [-0.2, 0) is 17.5 Å². The van der Waals surface area contributed by atoms with Crippen LogP contribution >= 0.6 is 11.8 Å². The third kappa shape index (κ3) is 7.03. The summed E-state index contributed by atoms with van der Waals surface area (Å²) >= 11 is 1.65. The molecular formula is C20H29F3N2OS. The molecule has 152 valence electrons. The molecule has 2 rings (SSSR count). The molecule has 0 atom stereocenters. The van der Waals surface area contributed by atoms with Gasteiger partial charge in [-0.05, 0) is 31.5 Å². The lowest BCUT2D eigenvalue weighted by Crippen LogP contribution is -2.46. The molecule has 1 aromatic rings. The standard InChI is InChI=1S/C20H29F3N2OS/c1-19(2,3)27-14-18(26)25-10-8-17(9-11-25)24(4)13-15-6-5-7-16(12-15)20(21,22)23/h5-7,12,17H,8-11,13-14H2,1-4H3. The van der Waals surface area contributed by atoms with Crippen LogP contribution in [0, 0.1) is 0 Å². The van der Waals surface area contributed by atoms with Gasteiger partial charge < -0.3 is 4.90 Å². The van der Waals surface area contributed by atoms with E-state index in [1.54, 1.807) is 17.8 Å². The van der Waals surface area contributed by atoms with Gasteiger partial charge in [-0.2, -0.15) is 13.2 Å². The quantitative estimate of drug-likeness (QED) is 0.716. The Morgan fingerprint density at radius 3 is 2.41 bits per heavy atom. The van der Waals surface area contributed by atoms with E-state index in [1.165, 1.54) is 12.1 Å². The summed E-state index contributed by atoms with van der Waals surface area (Å²) in [5, 5.41) is 0. The van der Waals surface area contributed by atoms with Crippen LogP contribution in [0.25, 0.3) is 0 Å². The maximum atomic E-state index is 12.9. The molecule has 1 saturated heterocycles. The van der Waals surface area contributed by atoms with Crippen molar-refractivity contribution in [3.63, 3.8) is 0 Å². The Morgan fingerprint density at radius 1 is 1.22 bits per heavy atom. The first kappa shape index (κ1) is 22.1. The van der Waals surface area contributed by atoms with E-state index in [0.29, 0.717) is 31.0 Å². The number of hydrogen-bond acceptors (Lipinski definition) is 3. The van der Waals surface area contributed by atoms with Crippen molar-refractivity contribution in [1.82, 2.24) is 9.80 Å². The molecule has 0 saturated carbocycles. The first-order chi connectivity index (χ1) is 12.5. The molecule has 27 heavy (non-hydrogen) atoms. The second-order valence-electron chi connectivity index (χ2n) is 8.13. The van der Waals surface area contributed by atoms with Gasteiger partial charge in [-0.3, -0.25) is 9.69 Å². The molecule has 1 heterocycles. The average molecular weight is 403 g/mol. The minimum absolute atomic E-state index is 0.0686. The van der Waals surface area contributed by atoms with Crippen molar-refractivity contribution in [3.05, 3.63) is 35.4 Å². The zero-order valence-electron chi connectivity index (χ0n) is 16.5. The summed E-state index contributed by atoms with van der Waals surface area (Å²) in [6.45, 7) is 8.18. The first-order valence-corrected chi connectivity index (χ1v) is 10.2. The minimum atomic E-state index is -4.31. The molecule has 0 radical (unpaired) electrons. The van der Waals surface area contributed by atoms with E-state index in [-0.39, 0.29) is 16.7 Å². The second kappa shape index (κ2) is 8.86. The molecule has 7 heteroatoms. The highest BCUT2D eigenvalue weighted by molar-refractivity contribution is 8.01. The highest BCUT2D eigenvalue weighted by Gasteiger charge is 2.31. The molecule has 0 N–H and O–H groups in total. The summed E-state index contributed by atoms with van der Waals surface area (Å²) in [4.78, 5) is 16.3. The molecule has 0 spiro atoms. The molecule has 0 aromatic heterocycles. The van der Waals surface area contributed by atoms with E-state index in [9.17, 15) is 18.0 Å². The smallest absolute Gasteiger partial charge is 0.342 e. The highest BCUT2D eigenvalue weighted by Crippen LogP contribution is 2.30. The van der Waals surface area contributed by atoms with E-state index < -0.39 is 11.7 Å². The van der Waals surface area contributed by atoms with Crippen molar-refractivity contribution in [2.24, 2.45) is 0 Å². The Morgan fingerprint density at radius 2 is 1.85 bits per heavy atom. The number of likely N-dealkylation sites (tertiary alicyclic amines) is 1. The van der Waals surface area contributed by atoms with E-state index >= 15 is 0 Å². The van der Waals surface area contributed by atoms with Crippen LogP contribution in [0.2, 0.25) is 0 Å². The third-order valence-electron chi connectivity index (χ3n) is 4.76. The molecule has 3 nitrogen and oxygen atoms in total. The van der Waals surface area contributed by atoms with Gasteiger partial charge in [-0.1, -0.05) is 39.0 Å². The van der Waals surface area contributed by atoms with Crippen LogP contribution in [0.3, 0.4) is 0 Å². The molecule has 1 aliphatic heterocycles. The largest absolute Gasteiger partial charge is 0.416 e. The maximum Gasteiger partial charge on any atom is 0.416 e. The van der Waals surface area contributed by atoms with Gasteiger partial charge >= 0.3 is 6.18 Å². The van der Waals surface area contributed by atoms with Crippen molar-refractivity contribution in [2.75, 3.05) is 25.9 Å². The molecular weight excluding hydrogens is 373 g/mol. The van der Waals surface area contributed by atoms with Crippen molar-refractivity contribution in [3.8, 4) is 0 Å². The number of carbonyl (C=O) groups excluding carboxylic acids is 1. The zero-order valence-corrected chi connectivity index (χ0v) is 17.3. The zero-order chi connectivity index (χ0) is 20.2. The fourth-order valence-electron chi connectivity index (χ4n) is 3.19. The van der Waals surface area contributed by atoms with Crippen LogP contribution in [0.5, 0.6) is 0 Å². The van der Waals surface area contributed by atoms with Crippen molar-refractivity contribution >= 4 is 17.7 Å². The molecule has 0 aliphatic carbocycles. The molecule has 0 unspecified atom stereocenters. The minimum Gasteiger partial charge on any atom is -0.342 e. The van der Waals surface area contributed by atoms with Crippen molar-refractivity contribution < 1.29 is 18.0 Å². The number of halogens is 3. The third-order valence-corrected chi connectivity index (χ3v) is 6.01. The summed E-state index contributed by atoms with van der Waals surface area (Å²) in [7, 11) is 1.94. The van der Waals surface area contributed by atoms with Gasteiger partial charge in [0.05, 0.1) is 11.3 Å². The second-order valence-corrected chi connectivity index (χ2v) is 9.93. The molecule has 1 aromatic carbocycles. The van der Waals surface area contributed by atoms with Gasteiger partial charge in [0.15, 0.2) is 0 Å². The predicted octanol–water partition coefficient (Wildman–Crippen LogP) is 4.66. The predicted molar refractivity (Wildman–Crippen MR) is 105 cm³/mol. The number of piperidine rings is 1. The molecule has 1 aliphatic rings. The van der Waals surface area contributed by atoms with E-state index in [1.807, 2.05) is 11.9 Å². The Balaban J connectivity index is 1.84. The van der Waals surface area contributed by atoms with Gasteiger partial charge in [-0.25, -0.2) is 0 Å². The number of amides is 1. The summed E-state index contributed by atoms with van der Waals surface area (Å²) in [5.74, 6) is 0.669. The summed E-state index contributed by atoms with van der Waals surface area (Å²) in [5.41, 5.74) is 0.0533. The summed E-state index contributed by atoms with van der Waals surface area (Å²) in [6, 6.07) is 5.79. The van der Waals surface area contributed by atoms with Crippen molar-refractivity contribution in [1.29, 1.82) is 0 Å². The lowest BCUT2D eigenvalue weighted by molar-refractivity contribution is -0.137. The summed E-state index contributed by atoms with van der Waals surface area (Å²) in [6.07, 6.45) is -2.62. The fourth-order valence-corrected chi connectivity index (χ4v) is 3.93.